The van der Waals surface area contributed by atoms with Gasteiger partial charge in [-0.15, -0.1) is 0 Å². The van der Waals surface area contributed by atoms with Crippen molar-refractivity contribution < 1.29 is 0 Å². The Morgan fingerprint density at radius 1 is 0.667 bits per heavy atom. The van der Waals surface area contributed by atoms with Crippen LogP contribution in [0.4, 0.5) is 5.69 Å². The minimum Gasteiger partial charge on any atom is -0.417 e. The Morgan fingerprint density at radius 2 is 1.10 bits per heavy atom. The number of hydrogen-bond acceptors (Lipinski definition) is 1. The molecule has 3 heteroatoms. The van der Waals surface area contributed by atoms with Crippen molar-refractivity contribution in [3.8, 4) is 0 Å². The first-order valence-corrected chi connectivity index (χ1v) is 13.6. The Labute approximate surface area is 130 Å². The van der Waals surface area contributed by atoms with Gasteiger partial charge >= 0.3 is 0 Å². The molecule has 1 heterocycles. The van der Waals surface area contributed by atoms with Gasteiger partial charge in [0, 0.05) is 5.69 Å². The molecule has 0 unspecified atom stereocenters. The summed E-state index contributed by atoms with van der Waals surface area (Å²) in [6.45, 7) is 14.6. The van der Waals surface area contributed by atoms with Crippen LogP contribution in [0.15, 0.2) is 42.5 Å². The van der Waals surface area contributed by atoms with Crippen LogP contribution in [-0.2, 0) is 0 Å². The van der Waals surface area contributed by atoms with E-state index in [0.717, 1.165) is 0 Å². The molecule has 0 radical (unpaired) electrons. The zero-order chi connectivity index (χ0) is 15.4. The van der Waals surface area contributed by atoms with Gasteiger partial charge in [-0.2, -0.15) is 0 Å². The van der Waals surface area contributed by atoms with Gasteiger partial charge in [0.25, 0.3) is 0 Å². The van der Waals surface area contributed by atoms with E-state index in [4.69, 9.17) is 0 Å². The Morgan fingerprint density at radius 3 is 1.52 bits per heavy atom. The fraction of sp³-hybridized carbons (Fsp3) is 0.333. The quantitative estimate of drug-likeness (QED) is 0.727. The lowest BCUT2D eigenvalue weighted by molar-refractivity contribution is 1.30. The number of anilines is 1. The average Bonchev–Trinajstić information content (AvgIpc) is 2.57. The van der Waals surface area contributed by atoms with Gasteiger partial charge in [-0.1, -0.05) is 42.5 Å². The maximum Gasteiger partial charge on any atom is 0.174 e. The molecule has 21 heavy (non-hydrogen) atoms. The summed E-state index contributed by atoms with van der Waals surface area (Å²) in [6.07, 6.45) is 0. The number of rotatable bonds is 1. The molecule has 0 aliphatic carbocycles. The SMILES string of the molecule is Cc1cccc(C)c1N1[Si](C)(C)c2ccccc2[Si]1(C)C. The molecular formula is C18H25NSi2. The van der Waals surface area contributed by atoms with E-state index in [1.807, 2.05) is 0 Å². The van der Waals surface area contributed by atoms with E-state index in [9.17, 15) is 0 Å². The van der Waals surface area contributed by atoms with Crippen molar-refractivity contribution in [1.82, 2.24) is 0 Å². The number of hydrogen-bond donors (Lipinski definition) is 0. The third-order valence-corrected chi connectivity index (χ3v) is 14.8. The molecule has 0 aromatic heterocycles. The van der Waals surface area contributed by atoms with E-state index in [0.29, 0.717) is 0 Å². The van der Waals surface area contributed by atoms with E-state index < -0.39 is 16.5 Å². The van der Waals surface area contributed by atoms with Gasteiger partial charge in [0.2, 0.25) is 0 Å². The van der Waals surface area contributed by atoms with Gasteiger partial charge < -0.3 is 4.23 Å². The van der Waals surface area contributed by atoms with Gasteiger partial charge in [-0.3, -0.25) is 0 Å². The van der Waals surface area contributed by atoms with E-state index in [1.54, 1.807) is 10.4 Å². The maximum absolute atomic E-state index is 2.88. The molecule has 0 bridgehead atoms. The summed E-state index contributed by atoms with van der Waals surface area (Å²) >= 11 is 0. The largest absolute Gasteiger partial charge is 0.417 e. The lowest BCUT2D eigenvalue weighted by Crippen LogP contribution is -2.61. The zero-order valence-corrected chi connectivity index (χ0v) is 16.0. The van der Waals surface area contributed by atoms with Crippen LogP contribution < -0.4 is 14.6 Å². The predicted octanol–water partition coefficient (Wildman–Crippen LogP) is 3.65. The van der Waals surface area contributed by atoms with Gasteiger partial charge in [0.05, 0.1) is 0 Å². The van der Waals surface area contributed by atoms with Gasteiger partial charge in [0.1, 0.15) is 0 Å². The standard InChI is InChI=1S/C18H25NSi2/c1-14-10-9-11-15(2)18(14)19-20(3,4)16-12-7-8-13-17(16)21(19,5)6/h7-13H,1-6H3. The molecule has 0 N–H and O–H groups in total. The molecule has 2 aromatic carbocycles. The summed E-state index contributed by atoms with van der Waals surface area (Å²) < 4.78 is 2.88. The second-order valence-electron chi connectivity index (χ2n) is 7.24. The molecular weight excluding hydrogens is 286 g/mol. The average molecular weight is 312 g/mol. The number of para-hydroxylation sites is 1. The lowest BCUT2D eigenvalue weighted by atomic mass is 10.1. The van der Waals surface area contributed by atoms with Crippen LogP contribution in [0.3, 0.4) is 0 Å². The van der Waals surface area contributed by atoms with Gasteiger partial charge in [0.15, 0.2) is 16.5 Å². The van der Waals surface area contributed by atoms with Crippen LogP contribution in [0.5, 0.6) is 0 Å². The van der Waals surface area contributed by atoms with Crippen LogP contribution in [0.25, 0.3) is 0 Å². The monoisotopic (exact) mass is 311 g/mol. The van der Waals surface area contributed by atoms with E-state index in [-0.39, 0.29) is 0 Å². The highest BCUT2D eigenvalue weighted by atomic mass is 28.4. The van der Waals surface area contributed by atoms with Crippen molar-refractivity contribution in [2.75, 3.05) is 4.23 Å². The minimum atomic E-state index is -1.63. The zero-order valence-electron chi connectivity index (χ0n) is 14.0. The van der Waals surface area contributed by atoms with Crippen LogP contribution in [0.1, 0.15) is 11.1 Å². The molecule has 0 fully saturated rings. The van der Waals surface area contributed by atoms with E-state index >= 15 is 0 Å². The van der Waals surface area contributed by atoms with Crippen molar-refractivity contribution in [3.63, 3.8) is 0 Å². The molecule has 0 spiro atoms. The highest BCUT2D eigenvalue weighted by Crippen LogP contribution is 2.36. The summed E-state index contributed by atoms with van der Waals surface area (Å²) in [5.74, 6) is 0. The highest BCUT2D eigenvalue weighted by molar-refractivity contribution is 7.18. The summed E-state index contributed by atoms with van der Waals surface area (Å²) in [4.78, 5) is 0. The molecule has 0 saturated carbocycles. The first-order chi connectivity index (χ1) is 9.78. The number of aryl methyl sites for hydroxylation is 2. The topological polar surface area (TPSA) is 3.24 Å². The summed E-state index contributed by atoms with van der Waals surface area (Å²) in [5, 5.41) is 3.29. The lowest BCUT2D eigenvalue weighted by Gasteiger charge is -2.43. The van der Waals surface area contributed by atoms with Crippen molar-refractivity contribution in [2.24, 2.45) is 0 Å². The van der Waals surface area contributed by atoms with Gasteiger partial charge in [-0.05, 0) is 61.5 Å². The molecule has 0 atom stereocenters. The molecule has 3 rings (SSSR count). The number of benzene rings is 2. The molecule has 0 saturated heterocycles. The Bertz CT molecular complexity index is 649. The summed E-state index contributed by atoms with van der Waals surface area (Å²) in [6, 6.07) is 15.9. The maximum atomic E-state index is 2.88. The first kappa shape index (κ1) is 14.6. The van der Waals surface area contributed by atoms with Crippen molar-refractivity contribution in [3.05, 3.63) is 53.6 Å². The number of nitrogens with zero attached hydrogens (tertiary/aromatic N) is 1. The van der Waals surface area contributed by atoms with Crippen molar-refractivity contribution in [2.45, 2.75) is 40.0 Å². The van der Waals surface area contributed by atoms with Crippen LogP contribution in [0.2, 0.25) is 26.2 Å². The second kappa shape index (κ2) is 4.58. The smallest absolute Gasteiger partial charge is 0.174 e. The normalized spacial score (nSPS) is 18.7. The van der Waals surface area contributed by atoms with E-state index in [1.165, 1.54) is 16.8 Å². The predicted molar refractivity (Wildman–Crippen MR) is 99.1 cm³/mol. The molecule has 1 aliphatic heterocycles. The second-order valence-corrected chi connectivity index (χ2v) is 15.9. The highest BCUT2D eigenvalue weighted by Gasteiger charge is 2.52. The molecule has 2 aromatic rings. The molecule has 0 amide bonds. The van der Waals surface area contributed by atoms with Crippen LogP contribution >= 0.6 is 0 Å². The van der Waals surface area contributed by atoms with Gasteiger partial charge in [-0.25, -0.2) is 0 Å². The number of fused-ring (bicyclic) bond motifs is 1. The Hall–Kier alpha value is -1.33. The molecule has 110 valence electrons. The minimum absolute atomic E-state index is 1.42. The first-order valence-electron chi connectivity index (χ1n) is 7.74. The summed E-state index contributed by atoms with van der Waals surface area (Å²) in [7, 11) is -3.27. The Balaban J connectivity index is 2.30. The van der Waals surface area contributed by atoms with Crippen LogP contribution in [-0.4, -0.2) is 16.5 Å². The third kappa shape index (κ3) is 1.94. The Kier molecular flexibility index (Phi) is 3.19. The fourth-order valence-electron chi connectivity index (χ4n) is 4.21. The van der Waals surface area contributed by atoms with Crippen molar-refractivity contribution >= 4 is 32.5 Å². The summed E-state index contributed by atoms with van der Waals surface area (Å²) in [5.41, 5.74) is 4.34. The third-order valence-electron chi connectivity index (χ3n) is 5.03. The van der Waals surface area contributed by atoms with Crippen LogP contribution in [0, 0.1) is 13.8 Å². The van der Waals surface area contributed by atoms with Crippen molar-refractivity contribution in [1.29, 1.82) is 0 Å². The molecule has 1 nitrogen and oxygen atoms in total. The van der Waals surface area contributed by atoms with E-state index in [2.05, 4.69) is 86.7 Å². The fourth-order valence-corrected chi connectivity index (χ4v) is 17.2. The molecule has 1 aliphatic rings.